The molecule has 1 saturated heterocycles. The number of phenols is 1. The smallest absolute Gasteiger partial charge is 0.416 e. The first-order valence-corrected chi connectivity index (χ1v) is 8.90. The molecule has 4 rings (SSSR count). The highest BCUT2D eigenvalue weighted by Crippen LogP contribution is 2.51. The van der Waals surface area contributed by atoms with Crippen LogP contribution < -0.4 is 5.32 Å². The standard InChI is InChI=1S/C20H20F3NO3/c21-20(22,23)12-4-7-17-16(9-12)19-15(6-5-14(10-25)27-19)18(24-17)11-2-1-3-13(26)8-11/h1-4,7-9,14-15,18-19,24-26H,5-6,10H2/t14?,15-,18-,19-/m0/s1. The molecule has 2 aromatic carbocycles. The average molecular weight is 379 g/mol. The summed E-state index contributed by atoms with van der Waals surface area (Å²) >= 11 is 0. The van der Waals surface area contributed by atoms with Crippen molar-refractivity contribution in [2.45, 2.75) is 37.3 Å². The van der Waals surface area contributed by atoms with E-state index in [9.17, 15) is 23.4 Å². The van der Waals surface area contributed by atoms with E-state index in [1.54, 1.807) is 18.2 Å². The summed E-state index contributed by atoms with van der Waals surface area (Å²) in [5.41, 5.74) is 1.18. The number of aliphatic hydroxyl groups is 1. The number of benzene rings is 2. The van der Waals surface area contributed by atoms with Gasteiger partial charge in [0.25, 0.3) is 0 Å². The molecule has 2 aliphatic heterocycles. The Bertz CT molecular complexity index is 839. The molecular weight excluding hydrogens is 359 g/mol. The molecule has 0 aliphatic carbocycles. The van der Waals surface area contributed by atoms with E-state index in [4.69, 9.17) is 4.74 Å². The van der Waals surface area contributed by atoms with Gasteiger partial charge in [-0.3, -0.25) is 0 Å². The topological polar surface area (TPSA) is 61.7 Å². The Morgan fingerprint density at radius 2 is 1.93 bits per heavy atom. The highest BCUT2D eigenvalue weighted by Gasteiger charge is 2.43. The first-order chi connectivity index (χ1) is 12.9. The molecule has 1 unspecified atom stereocenters. The number of alkyl halides is 3. The van der Waals surface area contributed by atoms with Crippen LogP contribution >= 0.6 is 0 Å². The van der Waals surface area contributed by atoms with Gasteiger partial charge in [-0.15, -0.1) is 0 Å². The molecule has 144 valence electrons. The summed E-state index contributed by atoms with van der Waals surface area (Å²) < 4.78 is 45.5. The molecule has 4 nitrogen and oxygen atoms in total. The van der Waals surface area contributed by atoms with Crippen LogP contribution in [0.15, 0.2) is 42.5 Å². The lowest BCUT2D eigenvalue weighted by atomic mass is 9.76. The third kappa shape index (κ3) is 3.37. The van der Waals surface area contributed by atoms with E-state index in [0.29, 0.717) is 24.1 Å². The molecule has 0 bridgehead atoms. The number of phenolic OH excluding ortho intramolecular Hbond substituents is 1. The molecule has 0 aromatic heterocycles. The van der Waals surface area contributed by atoms with E-state index < -0.39 is 23.9 Å². The predicted octanol–water partition coefficient (Wildman–Crippen LogP) is 4.41. The second kappa shape index (κ2) is 6.73. The van der Waals surface area contributed by atoms with E-state index in [1.807, 2.05) is 6.07 Å². The zero-order chi connectivity index (χ0) is 19.2. The lowest BCUT2D eigenvalue weighted by Crippen LogP contribution is -2.40. The van der Waals surface area contributed by atoms with E-state index in [0.717, 1.165) is 17.7 Å². The molecule has 2 heterocycles. The molecule has 27 heavy (non-hydrogen) atoms. The van der Waals surface area contributed by atoms with Gasteiger partial charge in [0, 0.05) is 17.2 Å². The minimum absolute atomic E-state index is 0.106. The summed E-state index contributed by atoms with van der Waals surface area (Å²) in [5, 5.41) is 22.6. The normalized spacial score (nSPS) is 27.4. The molecule has 4 atom stereocenters. The number of ether oxygens (including phenoxy) is 1. The fraction of sp³-hybridized carbons (Fsp3) is 0.400. The number of nitrogens with one attached hydrogen (secondary N) is 1. The van der Waals surface area contributed by atoms with Gasteiger partial charge in [-0.05, 0) is 48.7 Å². The van der Waals surface area contributed by atoms with Gasteiger partial charge < -0.3 is 20.3 Å². The van der Waals surface area contributed by atoms with E-state index in [2.05, 4.69) is 5.32 Å². The summed E-state index contributed by atoms with van der Waals surface area (Å²) in [6, 6.07) is 10.3. The Morgan fingerprint density at radius 1 is 1.11 bits per heavy atom. The number of aliphatic hydroxyl groups excluding tert-OH is 1. The molecular formula is C20H20F3NO3. The van der Waals surface area contributed by atoms with Crippen molar-refractivity contribution in [1.82, 2.24) is 0 Å². The Kier molecular flexibility index (Phi) is 4.52. The minimum atomic E-state index is -4.43. The van der Waals surface area contributed by atoms with Crippen LogP contribution in [0.5, 0.6) is 5.75 Å². The van der Waals surface area contributed by atoms with Crippen molar-refractivity contribution in [3.05, 3.63) is 59.2 Å². The van der Waals surface area contributed by atoms with Gasteiger partial charge in [0.1, 0.15) is 5.75 Å². The summed E-state index contributed by atoms with van der Waals surface area (Å²) in [5.74, 6) is 0.0274. The van der Waals surface area contributed by atoms with Crippen molar-refractivity contribution < 1.29 is 28.1 Å². The Labute approximate surface area is 154 Å². The van der Waals surface area contributed by atoms with Gasteiger partial charge in [-0.25, -0.2) is 0 Å². The second-order valence-corrected chi connectivity index (χ2v) is 7.12. The van der Waals surface area contributed by atoms with Crippen molar-refractivity contribution in [3.63, 3.8) is 0 Å². The largest absolute Gasteiger partial charge is 0.508 e. The number of rotatable bonds is 2. The molecule has 2 aromatic rings. The number of hydrogen-bond acceptors (Lipinski definition) is 4. The fourth-order valence-corrected chi connectivity index (χ4v) is 4.11. The second-order valence-electron chi connectivity index (χ2n) is 7.12. The molecule has 1 fully saturated rings. The van der Waals surface area contributed by atoms with Gasteiger partial charge in [0.15, 0.2) is 0 Å². The Hall–Kier alpha value is -2.25. The molecule has 0 amide bonds. The number of hydrogen-bond donors (Lipinski definition) is 3. The quantitative estimate of drug-likeness (QED) is 0.724. The number of fused-ring (bicyclic) bond motifs is 3. The van der Waals surface area contributed by atoms with Crippen molar-refractivity contribution >= 4 is 5.69 Å². The number of anilines is 1. The molecule has 7 heteroatoms. The third-order valence-corrected chi connectivity index (χ3v) is 5.41. The molecule has 0 spiro atoms. The van der Waals surface area contributed by atoms with Crippen LogP contribution in [-0.2, 0) is 10.9 Å². The fourth-order valence-electron chi connectivity index (χ4n) is 4.11. The minimum Gasteiger partial charge on any atom is -0.508 e. The van der Waals surface area contributed by atoms with Crippen molar-refractivity contribution in [3.8, 4) is 5.75 Å². The van der Waals surface area contributed by atoms with E-state index in [1.165, 1.54) is 6.07 Å². The molecule has 2 aliphatic rings. The average Bonchev–Trinajstić information content (AvgIpc) is 2.65. The highest BCUT2D eigenvalue weighted by atomic mass is 19.4. The summed E-state index contributed by atoms with van der Waals surface area (Å²) in [7, 11) is 0. The molecule has 3 N–H and O–H groups in total. The summed E-state index contributed by atoms with van der Waals surface area (Å²) in [6.45, 7) is -0.165. The van der Waals surface area contributed by atoms with Gasteiger partial charge in [-0.1, -0.05) is 12.1 Å². The van der Waals surface area contributed by atoms with E-state index >= 15 is 0 Å². The molecule has 0 saturated carbocycles. The van der Waals surface area contributed by atoms with Gasteiger partial charge in [-0.2, -0.15) is 13.2 Å². The van der Waals surface area contributed by atoms with Gasteiger partial charge >= 0.3 is 6.18 Å². The number of halogens is 3. The van der Waals surface area contributed by atoms with Crippen molar-refractivity contribution in [2.24, 2.45) is 5.92 Å². The van der Waals surface area contributed by atoms with E-state index in [-0.39, 0.29) is 24.3 Å². The monoisotopic (exact) mass is 379 g/mol. The first kappa shape index (κ1) is 18.1. The predicted molar refractivity (Wildman–Crippen MR) is 93.3 cm³/mol. The summed E-state index contributed by atoms with van der Waals surface area (Å²) in [4.78, 5) is 0. The lowest BCUT2D eigenvalue weighted by Gasteiger charge is -2.45. The van der Waals surface area contributed by atoms with Crippen LogP contribution in [0.1, 0.15) is 41.7 Å². The summed E-state index contributed by atoms with van der Waals surface area (Å²) in [6.07, 6.45) is -4.06. The highest BCUT2D eigenvalue weighted by molar-refractivity contribution is 5.59. The van der Waals surface area contributed by atoms with Crippen molar-refractivity contribution in [1.29, 1.82) is 0 Å². The maximum atomic E-state index is 13.2. The third-order valence-electron chi connectivity index (χ3n) is 5.41. The zero-order valence-corrected chi connectivity index (χ0v) is 14.4. The first-order valence-electron chi connectivity index (χ1n) is 8.90. The van der Waals surface area contributed by atoms with Crippen molar-refractivity contribution in [2.75, 3.05) is 11.9 Å². The van der Waals surface area contributed by atoms with Crippen LogP contribution in [0.4, 0.5) is 18.9 Å². The van der Waals surface area contributed by atoms with Crippen LogP contribution in [0.25, 0.3) is 0 Å². The van der Waals surface area contributed by atoms with Gasteiger partial charge in [0.05, 0.1) is 30.4 Å². The number of aromatic hydroxyl groups is 1. The van der Waals surface area contributed by atoms with Crippen LogP contribution in [0, 0.1) is 5.92 Å². The Balaban J connectivity index is 1.78. The Morgan fingerprint density at radius 3 is 2.63 bits per heavy atom. The zero-order valence-electron chi connectivity index (χ0n) is 14.4. The van der Waals surface area contributed by atoms with Crippen LogP contribution in [0.2, 0.25) is 0 Å². The maximum Gasteiger partial charge on any atom is 0.416 e. The van der Waals surface area contributed by atoms with Crippen LogP contribution in [-0.4, -0.2) is 22.9 Å². The maximum absolute atomic E-state index is 13.2. The molecule has 0 radical (unpaired) electrons. The van der Waals surface area contributed by atoms with Gasteiger partial charge in [0.2, 0.25) is 0 Å². The van der Waals surface area contributed by atoms with Crippen LogP contribution in [0.3, 0.4) is 0 Å². The lowest BCUT2D eigenvalue weighted by molar-refractivity contribution is -0.138. The SMILES string of the molecule is OCC1CC[C@@H]2[C@H](O1)c1cc(C(F)(F)F)ccc1N[C@H]2c1cccc(O)c1.